The van der Waals surface area contributed by atoms with Crippen LogP contribution in [0.15, 0.2) is 19.0 Å². The molecular weight excluding hydrogens is 206 g/mol. The Morgan fingerprint density at radius 1 is 1.73 bits per heavy atom. The van der Waals surface area contributed by atoms with E-state index >= 15 is 0 Å². The number of nitrogens with zero attached hydrogens (tertiary/aromatic N) is 2. The Morgan fingerprint density at radius 3 is 3.33 bits per heavy atom. The Bertz CT molecular complexity index is 315. The summed E-state index contributed by atoms with van der Waals surface area (Å²) in [6, 6.07) is 0. The summed E-state index contributed by atoms with van der Waals surface area (Å²) >= 11 is 2.07. The zero-order valence-electron chi connectivity index (χ0n) is 8.85. The van der Waals surface area contributed by atoms with Crippen LogP contribution in [0.5, 0.6) is 0 Å². The molecule has 15 heavy (non-hydrogen) atoms. The Balaban J connectivity index is 1.70. The van der Waals surface area contributed by atoms with Crippen molar-refractivity contribution in [2.45, 2.75) is 13.0 Å². The minimum absolute atomic E-state index is 0.865. The molecule has 0 radical (unpaired) electrons. The highest BCUT2D eigenvalue weighted by Gasteiger charge is 2.14. The Hall–Kier alpha value is -0.740. The van der Waals surface area contributed by atoms with E-state index in [-0.39, 0.29) is 0 Å². The fraction of sp³-hybridized carbons (Fsp3) is 0.545. The molecule has 0 saturated carbocycles. The van der Waals surface area contributed by atoms with Gasteiger partial charge in [-0.05, 0) is 30.4 Å². The molecule has 2 heterocycles. The van der Waals surface area contributed by atoms with Gasteiger partial charge in [0.05, 0.1) is 6.20 Å². The molecule has 82 valence electrons. The van der Waals surface area contributed by atoms with Gasteiger partial charge in [0.25, 0.3) is 0 Å². The van der Waals surface area contributed by atoms with Crippen LogP contribution in [0, 0.1) is 5.92 Å². The third kappa shape index (κ3) is 3.11. The van der Waals surface area contributed by atoms with Crippen molar-refractivity contribution in [1.29, 1.82) is 0 Å². The van der Waals surface area contributed by atoms with Gasteiger partial charge in [0.15, 0.2) is 0 Å². The standard InChI is InChI=1S/C11H17N3S/c1-2-14-8-11(7-13-14)6-12-5-10-3-4-15-9-10/h2,7-8,10,12H,1,3-6,9H2. The van der Waals surface area contributed by atoms with E-state index in [1.807, 2.05) is 12.4 Å². The van der Waals surface area contributed by atoms with Crippen LogP contribution in [0.3, 0.4) is 0 Å². The van der Waals surface area contributed by atoms with Crippen molar-refractivity contribution in [3.63, 3.8) is 0 Å². The van der Waals surface area contributed by atoms with Crippen molar-refractivity contribution < 1.29 is 0 Å². The van der Waals surface area contributed by atoms with Gasteiger partial charge in [-0.15, -0.1) is 0 Å². The first-order valence-corrected chi connectivity index (χ1v) is 6.48. The summed E-state index contributed by atoms with van der Waals surface area (Å²) in [6.45, 7) is 5.71. The van der Waals surface area contributed by atoms with Gasteiger partial charge in [0.2, 0.25) is 0 Å². The normalized spacial score (nSPS) is 20.7. The zero-order valence-corrected chi connectivity index (χ0v) is 9.67. The highest BCUT2D eigenvalue weighted by molar-refractivity contribution is 7.99. The summed E-state index contributed by atoms with van der Waals surface area (Å²) in [5.74, 6) is 3.52. The predicted octanol–water partition coefficient (Wildman–Crippen LogP) is 1.83. The second-order valence-electron chi connectivity index (χ2n) is 3.87. The molecule has 1 aliphatic heterocycles. The summed E-state index contributed by atoms with van der Waals surface area (Å²) in [5, 5.41) is 7.62. The molecule has 1 aromatic rings. The van der Waals surface area contributed by atoms with E-state index in [1.165, 1.54) is 23.5 Å². The predicted molar refractivity (Wildman–Crippen MR) is 65.8 cm³/mol. The molecule has 1 aromatic heterocycles. The molecule has 1 fully saturated rings. The number of thioether (sulfide) groups is 1. The fourth-order valence-electron chi connectivity index (χ4n) is 1.73. The number of hydrogen-bond acceptors (Lipinski definition) is 3. The summed E-state index contributed by atoms with van der Waals surface area (Å²) in [4.78, 5) is 0. The molecule has 3 nitrogen and oxygen atoms in total. The molecule has 1 atom stereocenters. The van der Waals surface area contributed by atoms with Gasteiger partial charge >= 0.3 is 0 Å². The van der Waals surface area contributed by atoms with Gasteiger partial charge in [0, 0.05) is 24.5 Å². The molecule has 0 spiro atoms. The first-order valence-electron chi connectivity index (χ1n) is 5.32. The van der Waals surface area contributed by atoms with Gasteiger partial charge in [-0.2, -0.15) is 16.9 Å². The molecule has 0 aliphatic carbocycles. The van der Waals surface area contributed by atoms with Crippen LogP contribution in [0.4, 0.5) is 0 Å². The quantitative estimate of drug-likeness (QED) is 0.826. The molecule has 0 bridgehead atoms. The lowest BCUT2D eigenvalue weighted by molar-refractivity contribution is 0.523. The maximum atomic E-state index is 4.14. The van der Waals surface area contributed by atoms with Crippen molar-refractivity contribution in [3.8, 4) is 0 Å². The van der Waals surface area contributed by atoms with Crippen LogP contribution in [0.25, 0.3) is 6.20 Å². The van der Waals surface area contributed by atoms with Gasteiger partial charge < -0.3 is 5.32 Å². The van der Waals surface area contributed by atoms with E-state index in [4.69, 9.17) is 0 Å². The van der Waals surface area contributed by atoms with Crippen molar-refractivity contribution in [2.24, 2.45) is 5.92 Å². The third-order valence-electron chi connectivity index (χ3n) is 2.63. The molecular formula is C11H17N3S. The maximum absolute atomic E-state index is 4.14. The van der Waals surface area contributed by atoms with Crippen LogP contribution in [-0.4, -0.2) is 27.8 Å². The van der Waals surface area contributed by atoms with Crippen LogP contribution in [-0.2, 0) is 6.54 Å². The maximum Gasteiger partial charge on any atom is 0.0538 e. The van der Waals surface area contributed by atoms with Crippen molar-refractivity contribution in [2.75, 3.05) is 18.1 Å². The summed E-state index contributed by atoms with van der Waals surface area (Å²) in [6.07, 6.45) is 6.96. The van der Waals surface area contributed by atoms with Crippen LogP contribution >= 0.6 is 11.8 Å². The topological polar surface area (TPSA) is 29.9 Å². The van der Waals surface area contributed by atoms with E-state index in [0.29, 0.717) is 0 Å². The van der Waals surface area contributed by atoms with E-state index in [2.05, 4.69) is 28.8 Å². The van der Waals surface area contributed by atoms with E-state index < -0.39 is 0 Å². The van der Waals surface area contributed by atoms with Gasteiger partial charge in [0.1, 0.15) is 0 Å². The van der Waals surface area contributed by atoms with E-state index in [9.17, 15) is 0 Å². The summed E-state index contributed by atoms with van der Waals surface area (Å²) in [5.41, 5.74) is 1.22. The molecule has 1 N–H and O–H groups in total. The minimum atomic E-state index is 0.865. The SMILES string of the molecule is C=Cn1cc(CNCC2CCSC2)cn1. The lowest BCUT2D eigenvalue weighted by Crippen LogP contribution is -2.21. The largest absolute Gasteiger partial charge is 0.312 e. The van der Waals surface area contributed by atoms with Crippen molar-refractivity contribution in [3.05, 3.63) is 24.5 Å². The molecule has 1 saturated heterocycles. The minimum Gasteiger partial charge on any atom is -0.312 e. The average Bonchev–Trinajstić information content (AvgIpc) is 2.88. The first kappa shape index (κ1) is 10.8. The van der Waals surface area contributed by atoms with Crippen LogP contribution in [0.1, 0.15) is 12.0 Å². The first-order chi connectivity index (χ1) is 7.38. The number of nitrogens with one attached hydrogen (secondary N) is 1. The Labute approximate surface area is 94.9 Å². The highest BCUT2D eigenvalue weighted by Crippen LogP contribution is 2.22. The van der Waals surface area contributed by atoms with Gasteiger partial charge in [-0.3, -0.25) is 0 Å². The molecule has 4 heteroatoms. The van der Waals surface area contributed by atoms with Crippen molar-refractivity contribution in [1.82, 2.24) is 15.1 Å². The second kappa shape index (κ2) is 5.37. The lowest BCUT2D eigenvalue weighted by atomic mass is 10.1. The summed E-state index contributed by atoms with van der Waals surface area (Å²) < 4.78 is 1.74. The Kier molecular flexibility index (Phi) is 3.86. The van der Waals surface area contributed by atoms with Crippen LogP contribution < -0.4 is 5.32 Å². The fourth-order valence-corrected chi connectivity index (χ4v) is 3.02. The monoisotopic (exact) mass is 223 g/mol. The molecule has 2 rings (SSSR count). The molecule has 0 aromatic carbocycles. The van der Waals surface area contributed by atoms with E-state index in [0.717, 1.165) is 19.0 Å². The number of rotatable bonds is 5. The average molecular weight is 223 g/mol. The molecule has 0 amide bonds. The number of hydrogen-bond donors (Lipinski definition) is 1. The summed E-state index contributed by atoms with van der Waals surface area (Å²) in [7, 11) is 0. The molecule has 1 aliphatic rings. The second-order valence-corrected chi connectivity index (χ2v) is 5.02. The van der Waals surface area contributed by atoms with Crippen LogP contribution in [0.2, 0.25) is 0 Å². The van der Waals surface area contributed by atoms with Crippen molar-refractivity contribution >= 4 is 18.0 Å². The Morgan fingerprint density at radius 2 is 2.67 bits per heavy atom. The van der Waals surface area contributed by atoms with Gasteiger partial charge in [-0.25, -0.2) is 4.68 Å². The van der Waals surface area contributed by atoms with Gasteiger partial charge in [-0.1, -0.05) is 6.58 Å². The highest BCUT2D eigenvalue weighted by atomic mass is 32.2. The zero-order chi connectivity index (χ0) is 10.5. The van der Waals surface area contributed by atoms with E-state index in [1.54, 1.807) is 10.9 Å². The lowest BCUT2D eigenvalue weighted by Gasteiger charge is -2.08. The number of aromatic nitrogens is 2. The third-order valence-corrected chi connectivity index (χ3v) is 3.86. The smallest absolute Gasteiger partial charge is 0.0538 e. The molecule has 1 unspecified atom stereocenters.